The van der Waals surface area contributed by atoms with Crippen LogP contribution in [0, 0.1) is 5.41 Å². The van der Waals surface area contributed by atoms with Gasteiger partial charge in [0.15, 0.2) is 0 Å². The van der Waals surface area contributed by atoms with Crippen molar-refractivity contribution < 1.29 is 4.74 Å². The SMILES string of the molecule is CCC1(CC2CCCCN2)COC1. The molecule has 2 heteroatoms. The Morgan fingerprint density at radius 1 is 1.38 bits per heavy atom. The van der Waals surface area contributed by atoms with Crippen LogP contribution >= 0.6 is 0 Å². The van der Waals surface area contributed by atoms with Gasteiger partial charge in [-0.2, -0.15) is 0 Å². The maximum Gasteiger partial charge on any atom is 0.0545 e. The van der Waals surface area contributed by atoms with Crippen molar-refractivity contribution in [3.8, 4) is 0 Å². The zero-order chi connectivity index (χ0) is 9.15. The Balaban J connectivity index is 1.81. The van der Waals surface area contributed by atoms with E-state index in [0.717, 1.165) is 19.3 Å². The lowest BCUT2D eigenvalue weighted by molar-refractivity contribution is -0.124. The van der Waals surface area contributed by atoms with Gasteiger partial charge in [-0.25, -0.2) is 0 Å². The van der Waals surface area contributed by atoms with Crippen LogP contribution in [-0.2, 0) is 4.74 Å². The van der Waals surface area contributed by atoms with Crippen molar-refractivity contribution in [2.45, 2.75) is 45.1 Å². The third-order valence-electron chi connectivity index (χ3n) is 3.66. The van der Waals surface area contributed by atoms with Gasteiger partial charge in [-0.1, -0.05) is 13.3 Å². The first-order valence-electron chi connectivity index (χ1n) is 5.66. The normalized spacial score (nSPS) is 32.5. The molecule has 2 nitrogen and oxygen atoms in total. The molecule has 2 aliphatic heterocycles. The lowest BCUT2D eigenvalue weighted by atomic mass is 9.76. The second-order valence-corrected chi connectivity index (χ2v) is 4.70. The van der Waals surface area contributed by atoms with Crippen molar-refractivity contribution >= 4 is 0 Å². The topological polar surface area (TPSA) is 21.3 Å². The van der Waals surface area contributed by atoms with Crippen LogP contribution in [0.15, 0.2) is 0 Å². The summed E-state index contributed by atoms with van der Waals surface area (Å²) < 4.78 is 5.34. The molecule has 2 rings (SSSR count). The Hall–Kier alpha value is -0.0800. The molecule has 0 amide bonds. The maximum atomic E-state index is 5.34. The van der Waals surface area contributed by atoms with E-state index in [1.165, 1.54) is 38.6 Å². The third-order valence-corrected chi connectivity index (χ3v) is 3.66. The van der Waals surface area contributed by atoms with Gasteiger partial charge in [0.25, 0.3) is 0 Å². The summed E-state index contributed by atoms with van der Waals surface area (Å²) >= 11 is 0. The molecule has 0 aromatic carbocycles. The van der Waals surface area contributed by atoms with Gasteiger partial charge in [-0.05, 0) is 32.2 Å². The van der Waals surface area contributed by atoms with E-state index in [1.54, 1.807) is 0 Å². The van der Waals surface area contributed by atoms with Crippen LogP contribution in [0.3, 0.4) is 0 Å². The Morgan fingerprint density at radius 3 is 2.69 bits per heavy atom. The number of hydrogen-bond donors (Lipinski definition) is 1. The van der Waals surface area contributed by atoms with Crippen molar-refractivity contribution in [3.05, 3.63) is 0 Å². The highest BCUT2D eigenvalue weighted by Crippen LogP contribution is 2.37. The molecule has 13 heavy (non-hydrogen) atoms. The molecule has 1 N–H and O–H groups in total. The van der Waals surface area contributed by atoms with Crippen LogP contribution in [0.2, 0.25) is 0 Å². The van der Waals surface area contributed by atoms with Crippen LogP contribution in [0.1, 0.15) is 39.0 Å². The van der Waals surface area contributed by atoms with Crippen molar-refractivity contribution in [3.63, 3.8) is 0 Å². The molecule has 76 valence electrons. The second kappa shape index (κ2) is 3.97. The Labute approximate surface area is 81.0 Å². The van der Waals surface area contributed by atoms with Crippen molar-refractivity contribution in [2.75, 3.05) is 19.8 Å². The van der Waals surface area contributed by atoms with Crippen molar-refractivity contribution in [2.24, 2.45) is 5.41 Å². The van der Waals surface area contributed by atoms with Gasteiger partial charge < -0.3 is 10.1 Å². The minimum absolute atomic E-state index is 0.537. The Morgan fingerprint density at radius 2 is 2.23 bits per heavy atom. The molecule has 2 heterocycles. The van der Waals surface area contributed by atoms with Gasteiger partial charge in [0.05, 0.1) is 13.2 Å². The molecule has 0 radical (unpaired) electrons. The fourth-order valence-electron chi connectivity index (χ4n) is 2.48. The van der Waals surface area contributed by atoms with E-state index in [2.05, 4.69) is 12.2 Å². The predicted molar refractivity (Wildman–Crippen MR) is 53.8 cm³/mol. The van der Waals surface area contributed by atoms with Crippen molar-refractivity contribution in [1.82, 2.24) is 5.32 Å². The van der Waals surface area contributed by atoms with E-state index in [-0.39, 0.29) is 0 Å². The fourth-order valence-corrected chi connectivity index (χ4v) is 2.48. The van der Waals surface area contributed by atoms with Crippen LogP contribution in [0.5, 0.6) is 0 Å². The van der Waals surface area contributed by atoms with Gasteiger partial charge in [0, 0.05) is 11.5 Å². The second-order valence-electron chi connectivity index (χ2n) is 4.70. The van der Waals surface area contributed by atoms with E-state index in [4.69, 9.17) is 4.74 Å². The van der Waals surface area contributed by atoms with Crippen LogP contribution in [-0.4, -0.2) is 25.8 Å². The summed E-state index contributed by atoms with van der Waals surface area (Å²) in [5.41, 5.74) is 0.537. The highest BCUT2D eigenvalue weighted by atomic mass is 16.5. The number of piperidine rings is 1. The summed E-state index contributed by atoms with van der Waals surface area (Å²) in [4.78, 5) is 0. The zero-order valence-electron chi connectivity index (χ0n) is 8.64. The standard InChI is InChI=1S/C11H21NO/c1-2-11(8-13-9-11)7-10-5-3-4-6-12-10/h10,12H,2-9H2,1H3. The summed E-state index contributed by atoms with van der Waals surface area (Å²) in [6, 6.07) is 0.776. The summed E-state index contributed by atoms with van der Waals surface area (Å²) in [5.74, 6) is 0. The smallest absolute Gasteiger partial charge is 0.0545 e. The molecular formula is C11H21NO. The molecule has 1 atom stereocenters. The van der Waals surface area contributed by atoms with Gasteiger partial charge in [0.1, 0.15) is 0 Å². The first kappa shape index (κ1) is 9.47. The Bertz CT molecular complexity index is 154. The Kier molecular flexibility index (Phi) is 2.89. The highest BCUT2D eigenvalue weighted by Gasteiger charge is 2.38. The number of hydrogen-bond acceptors (Lipinski definition) is 2. The molecule has 2 saturated heterocycles. The highest BCUT2D eigenvalue weighted by molar-refractivity contribution is 4.89. The van der Waals surface area contributed by atoms with E-state index in [9.17, 15) is 0 Å². The first-order valence-corrected chi connectivity index (χ1v) is 5.66. The molecule has 0 saturated carbocycles. The van der Waals surface area contributed by atoms with Crippen LogP contribution in [0.4, 0.5) is 0 Å². The summed E-state index contributed by atoms with van der Waals surface area (Å²) in [6.07, 6.45) is 6.78. The van der Waals surface area contributed by atoms with Gasteiger partial charge in [0.2, 0.25) is 0 Å². The van der Waals surface area contributed by atoms with Gasteiger partial charge in [-0.3, -0.25) is 0 Å². The van der Waals surface area contributed by atoms with Crippen LogP contribution < -0.4 is 5.32 Å². The van der Waals surface area contributed by atoms with Crippen LogP contribution in [0.25, 0.3) is 0 Å². The average Bonchev–Trinajstić information content (AvgIpc) is 2.13. The lowest BCUT2D eigenvalue weighted by Gasteiger charge is -2.44. The largest absolute Gasteiger partial charge is 0.380 e. The monoisotopic (exact) mass is 183 g/mol. The number of ether oxygens (including phenoxy) is 1. The third kappa shape index (κ3) is 2.05. The summed E-state index contributed by atoms with van der Waals surface area (Å²) in [6.45, 7) is 5.53. The molecule has 0 spiro atoms. The number of rotatable bonds is 3. The molecule has 0 bridgehead atoms. The quantitative estimate of drug-likeness (QED) is 0.722. The number of nitrogens with one attached hydrogen (secondary N) is 1. The van der Waals surface area contributed by atoms with Gasteiger partial charge >= 0.3 is 0 Å². The maximum absolute atomic E-state index is 5.34. The summed E-state index contributed by atoms with van der Waals surface area (Å²) in [7, 11) is 0. The van der Waals surface area contributed by atoms with E-state index >= 15 is 0 Å². The van der Waals surface area contributed by atoms with E-state index in [1.807, 2.05) is 0 Å². The first-order chi connectivity index (χ1) is 6.35. The van der Waals surface area contributed by atoms with Gasteiger partial charge in [-0.15, -0.1) is 0 Å². The molecule has 0 aromatic heterocycles. The minimum Gasteiger partial charge on any atom is -0.380 e. The van der Waals surface area contributed by atoms with E-state index < -0.39 is 0 Å². The molecule has 0 aliphatic carbocycles. The van der Waals surface area contributed by atoms with Crippen molar-refractivity contribution in [1.29, 1.82) is 0 Å². The minimum atomic E-state index is 0.537. The summed E-state index contributed by atoms with van der Waals surface area (Å²) in [5, 5.41) is 3.62. The zero-order valence-corrected chi connectivity index (χ0v) is 8.64. The lowest BCUT2D eigenvalue weighted by Crippen LogP contribution is -2.48. The van der Waals surface area contributed by atoms with E-state index in [0.29, 0.717) is 5.41 Å². The molecule has 1 unspecified atom stereocenters. The molecule has 0 aromatic rings. The molecule has 2 aliphatic rings. The average molecular weight is 183 g/mol. The molecular weight excluding hydrogens is 162 g/mol. The fraction of sp³-hybridized carbons (Fsp3) is 1.00. The predicted octanol–water partition coefficient (Wildman–Crippen LogP) is 1.95. The molecule has 2 fully saturated rings.